The predicted octanol–water partition coefficient (Wildman–Crippen LogP) is 3.67. The van der Waals surface area contributed by atoms with Gasteiger partial charge >= 0.3 is 0 Å². The standard InChI is InChI=1S/C24H22BrN3O4S/c25-19-6-4-17(5-7-19)24(30)26-20-8-10-21(11-9-20)33(31,32)27-13-16-12-18(15-27)22-2-1-3-23(29)28(22)14-16/h1-11,16,18H,12-15H2,(H,26,30)/t16-,18-/m1/s1. The summed E-state index contributed by atoms with van der Waals surface area (Å²) in [4.78, 5) is 24.8. The SMILES string of the molecule is O=C(Nc1ccc(S(=O)(=O)N2C[C@H]3C[C@H](C2)c2cccc(=O)n2C3)cc1)c1ccc(Br)cc1. The third-order valence-electron chi connectivity index (χ3n) is 6.30. The summed E-state index contributed by atoms with van der Waals surface area (Å²) in [6.07, 6.45) is 0.885. The lowest BCUT2D eigenvalue weighted by Crippen LogP contribution is -2.48. The van der Waals surface area contributed by atoms with E-state index in [1.165, 1.54) is 16.4 Å². The van der Waals surface area contributed by atoms with Gasteiger partial charge in [-0.1, -0.05) is 22.0 Å². The van der Waals surface area contributed by atoms with E-state index in [0.29, 0.717) is 30.9 Å². The Morgan fingerprint density at radius 3 is 2.39 bits per heavy atom. The van der Waals surface area contributed by atoms with Crippen LogP contribution in [0.5, 0.6) is 0 Å². The number of anilines is 1. The van der Waals surface area contributed by atoms with Crippen LogP contribution in [0.4, 0.5) is 5.69 Å². The number of pyridine rings is 1. The van der Waals surface area contributed by atoms with E-state index in [1.54, 1.807) is 53.1 Å². The fourth-order valence-electron chi connectivity index (χ4n) is 4.71. The van der Waals surface area contributed by atoms with Crippen LogP contribution in [0.25, 0.3) is 0 Å². The maximum Gasteiger partial charge on any atom is 0.255 e. The van der Waals surface area contributed by atoms with Crippen molar-refractivity contribution in [3.8, 4) is 0 Å². The third kappa shape index (κ3) is 4.28. The number of benzene rings is 2. The molecule has 5 rings (SSSR count). The van der Waals surface area contributed by atoms with Crippen LogP contribution in [0.3, 0.4) is 0 Å². The van der Waals surface area contributed by atoms with Crippen molar-refractivity contribution < 1.29 is 13.2 Å². The van der Waals surface area contributed by atoms with Crippen LogP contribution in [0.1, 0.15) is 28.4 Å². The number of carbonyl (C=O) groups excluding carboxylic acids is 1. The molecule has 0 aliphatic carbocycles. The molecule has 0 spiro atoms. The van der Waals surface area contributed by atoms with Crippen molar-refractivity contribution in [2.45, 2.75) is 23.8 Å². The van der Waals surface area contributed by atoms with Crippen molar-refractivity contribution in [2.24, 2.45) is 5.92 Å². The first-order valence-corrected chi connectivity index (χ1v) is 12.9. The van der Waals surface area contributed by atoms with Crippen molar-refractivity contribution in [3.05, 3.63) is 92.8 Å². The van der Waals surface area contributed by atoms with Crippen molar-refractivity contribution >= 4 is 37.5 Å². The van der Waals surface area contributed by atoms with Gasteiger partial charge in [-0.3, -0.25) is 9.59 Å². The fraction of sp³-hybridized carbons (Fsp3) is 0.250. The van der Waals surface area contributed by atoms with Gasteiger partial charge in [0.1, 0.15) is 0 Å². The highest BCUT2D eigenvalue weighted by Gasteiger charge is 2.39. The molecule has 2 atom stereocenters. The van der Waals surface area contributed by atoms with Gasteiger partial charge < -0.3 is 9.88 Å². The highest BCUT2D eigenvalue weighted by atomic mass is 79.9. The molecule has 1 fully saturated rings. The Morgan fingerprint density at radius 2 is 1.67 bits per heavy atom. The number of hydrogen-bond donors (Lipinski definition) is 1. The Labute approximate surface area is 200 Å². The van der Waals surface area contributed by atoms with E-state index in [9.17, 15) is 18.0 Å². The molecule has 1 saturated heterocycles. The number of piperidine rings is 1. The van der Waals surface area contributed by atoms with Crippen molar-refractivity contribution in [2.75, 3.05) is 18.4 Å². The number of nitrogens with one attached hydrogen (secondary N) is 1. The van der Waals surface area contributed by atoms with Crippen LogP contribution in [-0.2, 0) is 16.6 Å². The van der Waals surface area contributed by atoms with Crippen molar-refractivity contribution in [1.29, 1.82) is 0 Å². The molecule has 170 valence electrons. The maximum atomic E-state index is 13.3. The number of nitrogens with zero attached hydrogens (tertiary/aromatic N) is 2. The summed E-state index contributed by atoms with van der Waals surface area (Å²) < 4.78 is 30.9. The van der Waals surface area contributed by atoms with Gasteiger partial charge in [-0.05, 0) is 66.9 Å². The second-order valence-electron chi connectivity index (χ2n) is 8.51. The molecule has 2 aliphatic rings. The molecule has 0 unspecified atom stereocenters. The van der Waals surface area contributed by atoms with Gasteiger partial charge in [0.25, 0.3) is 11.5 Å². The van der Waals surface area contributed by atoms with Crippen LogP contribution in [0.15, 0.2) is 80.9 Å². The van der Waals surface area contributed by atoms with Gasteiger partial charge in [0.2, 0.25) is 10.0 Å². The number of hydrogen-bond acceptors (Lipinski definition) is 4. The topological polar surface area (TPSA) is 88.5 Å². The van der Waals surface area contributed by atoms with Gasteiger partial charge in [0.15, 0.2) is 0 Å². The fourth-order valence-corrected chi connectivity index (χ4v) is 6.54. The van der Waals surface area contributed by atoms with Gasteiger partial charge in [-0.25, -0.2) is 8.42 Å². The largest absolute Gasteiger partial charge is 0.322 e. The van der Waals surface area contributed by atoms with Crippen LogP contribution in [-0.4, -0.2) is 36.3 Å². The number of aromatic nitrogens is 1. The van der Waals surface area contributed by atoms with Gasteiger partial charge in [-0.2, -0.15) is 4.31 Å². The quantitative estimate of drug-likeness (QED) is 0.560. The Balaban J connectivity index is 1.33. The second kappa shape index (κ2) is 8.55. The van der Waals surface area contributed by atoms with E-state index in [4.69, 9.17) is 0 Å². The van der Waals surface area contributed by atoms with Crippen molar-refractivity contribution in [3.63, 3.8) is 0 Å². The van der Waals surface area contributed by atoms with Crippen LogP contribution >= 0.6 is 15.9 Å². The average molecular weight is 528 g/mol. The lowest BCUT2D eigenvalue weighted by molar-refractivity contribution is 0.102. The Morgan fingerprint density at radius 1 is 0.939 bits per heavy atom. The molecule has 3 aromatic rings. The van der Waals surface area contributed by atoms with Crippen molar-refractivity contribution in [1.82, 2.24) is 8.87 Å². The molecule has 1 amide bonds. The van der Waals surface area contributed by atoms with Crippen LogP contribution in [0, 0.1) is 5.92 Å². The molecular weight excluding hydrogens is 506 g/mol. The molecule has 3 heterocycles. The number of rotatable bonds is 4. The van der Waals surface area contributed by atoms with Gasteiger partial charge in [-0.15, -0.1) is 0 Å². The second-order valence-corrected chi connectivity index (χ2v) is 11.4. The first kappa shape index (κ1) is 22.1. The maximum absolute atomic E-state index is 13.3. The smallest absolute Gasteiger partial charge is 0.255 e. The molecule has 1 aromatic heterocycles. The normalized spacial score (nSPS) is 20.2. The third-order valence-corrected chi connectivity index (χ3v) is 8.68. The van der Waals surface area contributed by atoms with E-state index < -0.39 is 10.0 Å². The zero-order valence-corrected chi connectivity index (χ0v) is 20.1. The molecule has 2 aliphatic heterocycles. The molecule has 1 N–H and O–H groups in total. The number of amides is 1. The van der Waals surface area contributed by atoms with E-state index in [-0.39, 0.29) is 28.2 Å². The zero-order valence-electron chi connectivity index (χ0n) is 17.6. The molecule has 33 heavy (non-hydrogen) atoms. The number of halogens is 1. The highest BCUT2D eigenvalue weighted by molar-refractivity contribution is 9.10. The summed E-state index contributed by atoms with van der Waals surface area (Å²) >= 11 is 3.34. The van der Waals surface area contributed by atoms with E-state index in [1.807, 2.05) is 6.07 Å². The summed E-state index contributed by atoms with van der Waals surface area (Å²) in [6.45, 7) is 1.28. The predicted molar refractivity (Wildman–Crippen MR) is 129 cm³/mol. The number of carbonyl (C=O) groups is 1. The molecule has 2 aromatic carbocycles. The van der Waals surface area contributed by atoms with E-state index in [0.717, 1.165) is 16.6 Å². The molecule has 7 nitrogen and oxygen atoms in total. The highest BCUT2D eigenvalue weighted by Crippen LogP contribution is 2.37. The van der Waals surface area contributed by atoms with Crippen LogP contribution in [0.2, 0.25) is 0 Å². The summed E-state index contributed by atoms with van der Waals surface area (Å²) in [6, 6.07) is 18.4. The minimum Gasteiger partial charge on any atom is -0.322 e. The molecular formula is C24H22BrN3O4S. The minimum absolute atomic E-state index is 0.00523. The lowest BCUT2D eigenvalue weighted by atomic mass is 9.84. The van der Waals surface area contributed by atoms with E-state index in [2.05, 4.69) is 21.2 Å². The monoisotopic (exact) mass is 527 g/mol. The summed E-state index contributed by atoms with van der Waals surface area (Å²) in [5, 5.41) is 2.79. The molecule has 2 bridgehead atoms. The summed E-state index contributed by atoms with van der Waals surface area (Å²) in [5.74, 6) is -0.155. The first-order chi connectivity index (χ1) is 15.8. The molecule has 9 heteroatoms. The Hall–Kier alpha value is -2.75. The lowest BCUT2D eigenvalue weighted by Gasteiger charge is -2.42. The van der Waals surface area contributed by atoms with E-state index >= 15 is 0 Å². The Bertz CT molecular complexity index is 1370. The van der Waals surface area contributed by atoms with Gasteiger partial charge in [0, 0.05) is 53.0 Å². The zero-order chi connectivity index (χ0) is 23.2. The molecule has 0 saturated carbocycles. The summed E-state index contributed by atoms with van der Waals surface area (Å²) in [5.41, 5.74) is 1.91. The number of sulfonamides is 1. The summed E-state index contributed by atoms with van der Waals surface area (Å²) in [7, 11) is -3.69. The number of fused-ring (bicyclic) bond motifs is 4. The van der Waals surface area contributed by atoms with Crippen LogP contribution < -0.4 is 10.9 Å². The van der Waals surface area contributed by atoms with Gasteiger partial charge in [0.05, 0.1) is 4.90 Å². The Kier molecular flexibility index (Phi) is 5.72. The molecule has 0 radical (unpaired) electrons. The minimum atomic E-state index is -3.69. The first-order valence-electron chi connectivity index (χ1n) is 10.7. The average Bonchev–Trinajstić information content (AvgIpc) is 2.80.